The van der Waals surface area contributed by atoms with E-state index in [4.69, 9.17) is 4.74 Å². The van der Waals surface area contributed by atoms with Gasteiger partial charge in [0.15, 0.2) is 0 Å². The summed E-state index contributed by atoms with van der Waals surface area (Å²) in [6.07, 6.45) is -4.89. The van der Waals surface area contributed by atoms with Crippen LogP contribution in [-0.4, -0.2) is 33.9 Å². The second kappa shape index (κ2) is 7.67. The predicted molar refractivity (Wildman–Crippen MR) is 92.0 cm³/mol. The molecule has 1 unspecified atom stereocenters. The molecule has 1 heterocycles. The molecule has 0 amide bonds. The molecule has 0 N–H and O–H groups in total. The fourth-order valence-electron chi connectivity index (χ4n) is 2.92. The zero-order valence-electron chi connectivity index (χ0n) is 14.4. The Hall–Kier alpha value is -2.20. The molecule has 3 rings (SSSR count). The number of morpholine rings is 1. The van der Waals surface area contributed by atoms with Crippen molar-refractivity contribution in [2.24, 2.45) is 0 Å². The van der Waals surface area contributed by atoms with Crippen molar-refractivity contribution in [1.82, 2.24) is 0 Å². The zero-order valence-corrected chi connectivity index (χ0v) is 15.2. The first-order valence-corrected chi connectivity index (χ1v) is 9.79. The molecule has 0 bridgehead atoms. The number of sulfone groups is 1. The molecule has 28 heavy (non-hydrogen) atoms. The minimum atomic E-state index is -4.66. The zero-order chi connectivity index (χ0) is 20.5. The molecule has 152 valence electrons. The number of hydrogen-bond donors (Lipinski definition) is 0. The van der Waals surface area contributed by atoms with E-state index in [1.54, 1.807) is 0 Å². The first-order chi connectivity index (χ1) is 13.1. The van der Waals surface area contributed by atoms with Crippen LogP contribution in [0.1, 0.15) is 17.2 Å². The Morgan fingerprint density at radius 3 is 2.14 bits per heavy atom. The lowest BCUT2D eigenvalue weighted by Gasteiger charge is -2.35. The maximum absolute atomic E-state index is 12.7. The number of halogens is 5. The Morgan fingerprint density at radius 1 is 1.00 bits per heavy atom. The van der Waals surface area contributed by atoms with Gasteiger partial charge in [-0.05, 0) is 42.0 Å². The predicted octanol–water partition coefficient (Wildman–Crippen LogP) is 4.28. The topological polar surface area (TPSA) is 46.6 Å². The fraction of sp³-hybridized carbons (Fsp3) is 0.333. The fourth-order valence-corrected chi connectivity index (χ4v) is 3.64. The third-order valence-corrected chi connectivity index (χ3v) is 5.84. The molecule has 0 saturated carbocycles. The molecule has 0 radical (unpaired) electrons. The van der Waals surface area contributed by atoms with Gasteiger partial charge in [-0.1, -0.05) is 12.1 Å². The van der Waals surface area contributed by atoms with Crippen LogP contribution in [0.5, 0.6) is 0 Å². The number of anilines is 1. The number of rotatable bonds is 4. The number of benzene rings is 2. The highest BCUT2D eigenvalue weighted by Crippen LogP contribution is 2.32. The van der Waals surface area contributed by atoms with E-state index in [2.05, 4.69) is 0 Å². The monoisotopic (exact) mass is 421 g/mol. The first kappa shape index (κ1) is 20.5. The third-order valence-electron chi connectivity index (χ3n) is 4.44. The molecule has 1 fully saturated rings. The molecule has 2 aromatic rings. The SMILES string of the molecule is O=S(=O)(c1ccc(N2CCOC(c3ccc(C(F)(F)F)cc3)C2)cc1)C(F)F. The van der Waals surface area contributed by atoms with Crippen molar-refractivity contribution in [3.63, 3.8) is 0 Å². The Kier molecular flexibility index (Phi) is 5.62. The quantitative estimate of drug-likeness (QED) is 0.692. The maximum Gasteiger partial charge on any atom is 0.416 e. The molecular formula is C18H16F5NO3S. The van der Waals surface area contributed by atoms with E-state index in [1.807, 2.05) is 4.90 Å². The number of nitrogens with zero attached hydrogens (tertiary/aromatic N) is 1. The lowest BCUT2D eigenvalue weighted by molar-refractivity contribution is -0.137. The number of ether oxygens (including phenoxy) is 1. The van der Waals surface area contributed by atoms with Crippen molar-refractivity contribution < 1.29 is 35.1 Å². The smallest absolute Gasteiger partial charge is 0.370 e. The van der Waals surface area contributed by atoms with E-state index in [0.717, 1.165) is 24.3 Å². The molecule has 0 aliphatic carbocycles. The average Bonchev–Trinajstić information content (AvgIpc) is 2.67. The van der Waals surface area contributed by atoms with Crippen molar-refractivity contribution in [3.05, 3.63) is 59.7 Å². The molecule has 1 atom stereocenters. The Morgan fingerprint density at radius 2 is 1.61 bits per heavy atom. The van der Waals surface area contributed by atoms with Crippen LogP contribution in [0.25, 0.3) is 0 Å². The van der Waals surface area contributed by atoms with Gasteiger partial charge in [0.1, 0.15) is 6.10 Å². The van der Waals surface area contributed by atoms with E-state index >= 15 is 0 Å². The van der Waals surface area contributed by atoms with E-state index < -0.39 is 38.3 Å². The van der Waals surface area contributed by atoms with Crippen LogP contribution in [0.4, 0.5) is 27.6 Å². The summed E-state index contributed by atoms with van der Waals surface area (Å²) >= 11 is 0. The summed E-state index contributed by atoms with van der Waals surface area (Å²) < 4.78 is 91.9. The summed E-state index contributed by atoms with van der Waals surface area (Å²) in [4.78, 5) is 1.38. The lowest BCUT2D eigenvalue weighted by atomic mass is 10.0. The Balaban J connectivity index is 1.75. The Bertz CT molecular complexity index is 912. The van der Waals surface area contributed by atoms with Crippen LogP contribution in [0, 0.1) is 0 Å². The van der Waals surface area contributed by atoms with Gasteiger partial charge in [0.2, 0.25) is 9.84 Å². The standard InChI is InChI=1S/C18H16F5NO3S/c19-17(20)28(25,26)15-7-5-14(6-8-15)24-9-10-27-16(11-24)12-1-3-13(4-2-12)18(21,22)23/h1-8,16-17H,9-11H2. The minimum Gasteiger partial charge on any atom is -0.370 e. The molecule has 1 saturated heterocycles. The highest BCUT2D eigenvalue weighted by Gasteiger charge is 2.31. The van der Waals surface area contributed by atoms with Crippen LogP contribution in [0.2, 0.25) is 0 Å². The largest absolute Gasteiger partial charge is 0.416 e. The van der Waals surface area contributed by atoms with Gasteiger partial charge in [-0.25, -0.2) is 8.42 Å². The first-order valence-electron chi connectivity index (χ1n) is 8.25. The van der Waals surface area contributed by atoms with Crippen LogP contribution in [0.15, 0.2) is 53.4 Å². The van der Waals surface area contributed by atoms with Gasteiger partial charge in [-0.3, -0.25) is 0 Å². The van der Waals surface area contributed by atoms with E-state index in [9.17, 15) is 30.4 Å². The van der Waals surface area contributed by atoms with Crippen LogP contribution in [0.3, 0.4) is 0 Å². The van der Waals surface area contributed by atoms with Gasteiger partial charge in [0, 0.05) is 18.8 Å². The second-order valence-electron chi connectivity index (χ2n) is 6.22. The van der Waals surface area contributed by atoms with Crippen LogP contribution < -0.4 is 4.90 Å². The molecular weight excluding hydrogens is 405 g/mol. The van der Waals surface area contributed by atoms with Gasteiger partial charge < -0.3 is 9.64 Å². The molecule has 0 spiro atoms. The van der Waals surface area contributed by atoms with Gasteiger partial charge in [-0.2, -0.15) is 22.0 Å². The van der Waals surface area contributed by atoms with E-state index in [1.165, 1.54) is 24.3 Å². The average molecular weight is 421 g/mol. The van der Waals surface area contributed by atoms with Crippen molar-refractivity contribution in [2.45, 2.75) is 22.9 Å². The number of alkyl halides is 5. The molecule has 1 aliphatic rings. The van der Waals surface area contributed by atoms with Crippen LogP contribution in [-0.2, 0) is 20.8 Å². The van der Waals surface area contributed by atoms with Gasteiger partial charge in [0.05, 0.1) is 17.1 Å². The second-order valence-corrected chi connectivity index (χ2v) is 8.14. The lowest BCUT2D eigenvalue weighted by Crippen LogP contribution is -2.38. The summed E-state index contributed by atoms with van der Waals surface area (Å²) in [5.41, 5.74) is 0.433. The summed E-state index contributed by atoms with van der Waals surface area (Å²) in [7, 11) is -4.66. The molecule has 1 aliphatic heterocycles. The third kappa shape index (κ3) is 4.27. The summed E-state index contributed by atoms with van der Waals surface area (Å²) in [6, 6.07) is 9.75. The van der Waals surface area contributed by atoms with Gasteiger partial charge in [-0.15, -0.1) is 0 Å². The van der Waals surface area contributed by atoms with Crippen molar-refractivity contribution in [1.29, 1.82) is 0 Å². The highest BCUT2D eigenvalue weighted by atomic mass is 32.2. The van der Waals surface area contributed by atoms with Crippen LogP contribution >= 0.6 is 0 Å². The summed E-state index contributed by atoms with van der Waals surface area (Å²) in [5, 5.41) is 0. The normalized spacial score (nSPS) is 18.5. The van der Waals surface area contributed by atoms with Crippen molar-refractivity contribution >= 4 is 15.5 Å². The maximum atomic E-state index is 12.7. The summed E-state index contributed by atoms with van der Waals surface area (Å²) in [5.74, 6) is -3.49. The molecule has 10 heteroatoms. The van der Waals surface area contributed by atoms with E-state index in [-0.39, 0.29) is 0 Å². The summed E-state index contributed by atoms with van der Waals surface area (Å²) in [6.45, 7) is 1.10. The molecule has 2 aromatic carbocycles. The van der Waals surface area contributed by atoms with Gasteiger partial charge >= 0.3 is 11.9 Å². The van der Waals surface area contributed by atoms with Crippen molar-refractivity contribution in [2.75, 3.05) is 24.6 Å². The number of hydrogen-bond acceptors (Lipinski definition) is 4. The minimum absolute atomic E-state index is 0.308. The highest BCUT2D eigenvalue weighted by molar-refractivity contribution is 7.91. The van der Waals surface area contributed by atoms with E-state index in [0.29, 0.717) is 30.9 Å². The molecule has 0 aromatic heterocycles. The van der Waals surface area contributed by atoms with Crippen molar-refractivity contribution in [3.8, 4) is 0 Å². The Labute approximate surface area is 158 Å². The van der Waals surface area contributed by atoms with Gasteiger partial charge in [0.25, 0.3) is 0 Å². The molecule has 4 nitrogen and oxygen atoms in total.